The summed E-state index contributed by atoms with van der Waals surface area (Å²) in [6.45, 7) is 6.29. The van der Waals surface area contributed by atoms with Crippen molar-refractivity contribution in [3.8, 4) is 0 Å². The Balaban J connectivity index is 1.99. The van der Waals surface area contributed by atoms with Crippen LogP contribution in [-0.4, -0.2) is 23.4 Å². The summed E-state index contributed by atoms with van der Waals surface area (Å²) in [4.78, 5) is 24.7. The molecule has 1 aliphatic rings. The zero-order valence-electron chi connectivity index (χ0n) is 13.3. The van der Waals surface area contributed by atoms with Crippen LogP contribution in [0, 0.1) is 6.92 Å². The number of aryl methyl sites for hydroxylation is 1. The normalized spacial score (nSPS) is 16.0. The number of fused-ring (bicyclic) bond motifs is 1. The molecular weight excluding hydrogens is 290 g/mol. The molecule has 0 radical (unpaired) electrons. The minimum Gasteiger partial charge on any atom is -0.469 e. The third kappa shape index (κ3) is 2.50. The molecule has 2 heterocycles. The monoisotopic (exact) mass is 309 g/mol. The second-order valence-corrected chi connectivity index (χ2v) is 5.77. The number of carbonyl (C=O) groups excluding carboxylic acids is 2. The lowest BCUT2D eigenvalue weighted by Crippen LogP contribution is -2.12. The van der Waals surface area contributed by atoms with Gasteiger partial charge in [-0.2, -0.15) is 0 Å². The highest BCUT2D eigenvalue weighted by Gasteiger charge is 2.34. The summed E-state index contributed by atoms with van der Waals surface area (Å²) in [7, 11) is 1.40. The molecule has 0 aliphatic carbocycles. The molecule has 0 saturated carbocycles. The van der Waals surface area contributed by atoms with Crippen molar-refractivity contribution in [2.45, 2.75) is 25.8 Å². The lowest BCUT2D eigenvalue weighted by atomic mass is 10.0. The van der Waals surface area contributed by atoms with E-state index in [0.29, 0.717) is 24.2 Å². The predicted molar refractivity (Wildman–Crippen MR) is 88.5 cm³/mol. The van der Waals surface area contributed by atoms with Crippen LogP contribution in [0.4, 0.5) is 0 Å². The van der Waals surface area contributed by atoms with Crippen LogP contribution >= 0.6 is 0 Å². The largest absolute Gasteiger partial charge is 0.469 e. The predicted octanol–water partition coefficient (Wildman–Crippen LogP) is 3.33. The molecule has 1 unspecified atom stereocenters. The minimum atomic E-state index is -0.275. The van der Waals surface area contributed by atoms with Crippen LogP contribution in [0.3, 0.4) is 0 Å². The van der Waals surface area contributed by atoms with Gasteiger partial charge in [-0.05, 0) is 30.5 Å². The number of ether oxygens (including phenoxy) is 1. The van der Waals surface area contributed by atoms with Crippen molar-refractivity contribution < 1.29 is 14.3 Å². The standard InChI is InChI=1S/C19H19NO3/c1-4-13-5-7-14(8-6-13)18(21)17-12(2)11-16-15(19(22)23-3)9-10-20(16)17/h4-8,11,15H,1,9-10H2,2-3H3. The zero-order chi connectivity index (χ0) is 16.6. The van der Waals surface area contributed by atoms with Gasteiger partial charge in [0.05, 0.1) is 18.7 Å². The van der Waals surface area contributed by atoms with Crippen molar-refractivity contribution in [1.82, 2.24) is 4.57 Å². The molecule has 0 spiro atoms. The third-order valence-corrected chi connectivity index (χ3v) is 4.43. The zero-order valence-corrected chi connectivity index (χ0v) is 13.3. The van der Waals surface area contributed by atoms with Crippen LogP contribution in [0.25, 0.3) is 6.08 Å². The Bertz CT molecular complexity index is 784. The van der Waals surface area contributed by atoms with E-state index in [0.717, 1.165) is 16.8 Å². The van der Waals surface area contributed by atoms with Gasteiger partial charge in [-0.25, -0.2) is 0 Å². The van der Waals surface area contributed by atoms with Gasteiger partial charge in [0.15, 0.2) is 0 Å². The number of carbonyl (C=O) groups is 2. The van der Waals surface area contributed by atoms with Gasteiger partial charge in [0.2, 0.25) is 5.78 Å². The smallest absolute Gasteiger partial charge is 0.314 e. The van der Waals surface area contributed by atoms with Crippen LogP contribution in [-0.2, 0) is 16.1 Å². The van der Waals surface area contributed by atoms with Crippen LogP contribution in [0.5, 0.6) is 0 Å². The fraction of sp³-hybridized carbons (Fsp3) is 0.263. The summed E-state index contributed by atoms with van der Waals surface area (Å²) < 4.78 is 6.82. The lowest BCUT2D eigenvalue weighted by molar-refractivity contribution is -0.142. The molecule has 2 aromatic rings. The quantitative estimate of drug-likeness (QED) is 0.643. The number of hydrogen-bond acceptors (Lipinski definition) is 3. The number of benzene rings is 1. The van der Waals surface area contributed by atoms with E-state index in [4.69, 9.17) is 4.74 Å². The van der Waals surface area contributed by atoms with Gasteiger partial charge < -0.3 is 9.30 Å². The van der Waals surface area contributed by atoms with Gasteiger partial charge in [-0.3, -0.25) is 9.59 Å². The number of hydrogen-bond donors (Lipinski definition) is 0. The number of nitrogens with zero attached hydrogens (tertiary/aromatic N) is 1. The SMILES string of the molecule is C=Cc1ccc(C(=O)c2c(C)cc3n2CCC3C(=O)OC)cc1. The fourth-order valence-corrected chi connectivity index (χ4v) is 3.24. The first-order chi connectivity index (χ1) is 11.1. The molecule has 118 valence electrons. The molecular formula is C19H19NO3. The Morgan fingerprint density at radius 3 is 2.61 bits per heavy atom. The highest BCUT2D eigenvalue weighted by atomic mass is 16.5. The second-order valence-electron chi connectivity index (χ2n) is 5.77. The number of aromatic nitrogens is 1. The lowest BCUT2D eigenvalue weighted by Gasteiger charge is -2.07. The molecule has 1 aromatic carbocycles. The van der Waals surface area contributed by atoms with E-state index in [1.807, 2.05) is 41.8 Å². The van der Waals surface area contributed by atoms with Crippen molar-refractivity contribution in [3.05, 3.63) is 65.0 Å². The van der Waals surface area contributed by atoms with E-state index in [1.54, 1.807) is 6.08 Å². The average Bonchev–Trinajstić information content (AvgIpc) is 3.11. The topological polar surface area (TPSA) is 48.3 Å². The van der Waals surface area contributed by atoms with Gasteiger partial charge in [0.25, 0.3) is 0 Å². The second kappa shape index (κ2) is 5.88. The van der Waals surface area contributed by atoms with Crippen LogP contribution in [0.2, 0.25) is 0 Å². The first-order valence-electron chi connectivity index (χ1n) is 7.62. The number of esters is 1. The van der Waals surface area contributed by atoms with E-state index in [1.165, 1.54) is 7.11 Å². The van der Waals surface area contributed by atoms with Crippen molar-refractivity contribution in [2.75, 3.05) is 7.11 Å². The molecule has 0 saturated heterocycles. The fourth-order valence-electron chi connectivity index (χ4n) is 3.24. The molecule has 4 nitrogen and oxygen atoms in total. The van der Waals surface area contributed by atoms with Gasteiger partial charge in [-0.1, -0.05) is 36.9 Å². The van der Waals surface area contributed by atoms with Crippen LogP contribution in [0.15, 0.2) is 36.9 Å². The molecule has 3 rings (SSSR count). The van der Waals surface area contributed by atoms with Gasteiger partial charge in [0, 0.05) is 17.8 Å². The molecule has 1 aliphatic heterocycles. The molecule has 0 N–H and O–H groups in total. The van der Waals surface area contributed by atoms with Crippen molar-refractivity contribution in [1.29, 1.82) is 0 Å². The van der Waals surface area contributed by atoms with E-state index in [2.05, 4.69) is 6.58 Å². The van der Waals surface area contributed by atoms with Crippen LogP contribution in [0.1, 0.15) is 45.2 Å². The summed E-state index contributed by atoms with van der Waals surface area (Å²) in [5, 5.41) is 0. The Labute approximate surface area is 135 Å². The summed E-state index contributed by atoms with van der Waals surface area (Å²) in [5.74, 6) is -0.533. The Kier molecular flexibility index (Phi) is 3.90. The average molecular weight is 309 g/mol. The molecule has 1 aromatic heterocycles. The summed E-state index contributed by atoms with van der Waals surface area (Å²) >= 11 is 0. The van der Waals surface area contributed by atoms with Gasteiger partial charge in [0.1, 0.15) is 0 Å². The Morgan fingerprint density at radius 1 is 1.30 bits per heavy atom. The van der Waals surface area contributed by atoms with E-state index in [9.17, 15) is 9.59 Å². The highest BCUT2D eigenvalue weighted by molar-refractivity contribution is 6.09. The summed E-state index contributed by atoms with van der Waals surface area (Å²) in [6.07, 6.45) is 2.42. The minimum absolute atomic E-state index is 0.0186. The third-order valence-electron chi connectivity index (χ3n) is 4.43. The van der Waals surface area contributed by atoms with E-state index >= 15 is 0 Å². The van der Waals surface area contributed by atoms with E-state index in [-0.39, 0.29) is 17.7 Å². The van der Waals surface area contributed by atoms with E-state index < -0.39 is 0 Å². The number of ketones is 1. The van der Waals surface area contributed by atoms with Crippen LogP contribution < -0.4 is 0 Å². The molecule has 1 atom stereocenters. The molecule has 4 heteroatoms. The first kappa shape index (κ1) is 15.3. The van der Waals surface area contributed by atoms with Gasteiger partial charge in [-0.15, -0.1) is 0 Å². The number of rotatable bonds is 4. The van der Waals surface area contributed by atoms with Crippen molar-refractivity contribution >= 4 is 17.8 Å². The van der Waals surface area contributed by atoms with Crippen molar-refractivity contribution in [3.63, 3.8) is 0 Å². The maximum absolute atomic E-state index is 12.9. The maximum Gasteiger partial charge on any atom is 0.314 e. The highest BCUT2D eigenvalue weighted by Crippen LogP contribution is 2.34. The first-order valence-corrected chi connectivity index (χ1v) is 7.62. The van der Waals surface area contributed by atoms with Gasteiger partial charge >= 0.3 is 5.97 Å². The summed E-state index contributed by atoms with van der Waals surface area (Å²) in [5.41, 5.74) is 4.05. The van der Waals surface area contributed by atoms with Crippen molar-refractivity contribution in [2.24, 2.45) is 0 Å². The Morgan fingerprint density at radius 2 is 2.00 bits per heavy atom. The molecule has 0 bridgehead atoms. The Hall–Kier alpha value is -2.62. The molecule has 0 fully saturated rings. The maximum atomic E-state index is 12.9. The molecule has 23 heavy (non-hydrogen) atoms. The molecule has 0 amide bonds. The number of methoxy groups -OCH3 is 1. The summed E-state index contributed by atoms with van der Waals surface area (Å²) in [6, 6.07) is 9.30.